The van der Waals surface area contributed by atoms with Gasteiger partial charge >= 0.3 is 0 Å². The number of nitrogens with zero attached hydrogens (tertiary/aromatic N) is 4. The van der Waals surface area contributed by atoms with Crippen LogP contribution >= 0.6 is 23.2 Å². The van der Waals surface area contributed by atoms with Gasteiger partial charge in [0.15, 0.2) is 0 Å². The molecular weight excluding hydrogens is 599 g/mol. The highest BCUT2D eigenvalue weighted by atomic mass is 35.5. The number of carbonyl (C=O) groups excluding carboxylic acids is 2. The van der Waals surface area contributed by atoms with E-state index in [9.17, 15) is 26.4 Å². The predicted octanol–water partition coefficient (Wildman–Crippen LogP) is 3.65. The zero-order valence-electron chi connectivity index (χ0n) is 22.9. The molecule has 14 heteroatoms. The van der Waals surface area contributed by atoms with Crippen molar-refractivity contribution in [3.8, 4) is 0 Å². The molecule has 3 rings (SSSR count). The number of hydrogen-bond donors (Lipinski definition) is 0. The maximum atomic E-state index is 13.2. The molecule has 220 valence electrons. The number of sulfonamides is 2. The van der Waals surface area contributed by atoms with Crippen LogP contribution in [0.15, 0.2) is 46.2 Å². The highest BCUT2D eigenvalue weighted by molar-refractivity contribution is 7.89. The van der Waals surface area contributed by atoms with Crippen LogP contribution in [0.1, 0.15) is 48.4 Å². The lowest BCUT2D eigenvalue weighted by molar-refractivity contribution is 0.0535. The van der Waals surface area contributed by atoms with Gasteiger partial charge < -0.3 is 9.80 Å². The number of carbonyl (C=O) groups is 2. The molecule has 10 nitrogen and oxygen atoms in total. The summed E-state index contributed by atoms with van der Waals surface area (Å²) in [5.74, 6) is -0.752. The quantitative estimate of drug-likeness (QED) is 0.395. The van der Waals surface area contributed by atoms with E-state index >= 15 is 0 Å². The second-order valence-corrected chi connectivity index (χ2v) is 13.7. The van der Waals surface area contributed by atoms with Crippen molar-refractivity contribution in [3.05, 3.63) is 57.6 Å². The minimum atomic E-state index is -3.87. The molecule has 0 bridgehead atoms. The fourth-order valence-electron chi connectivity index (χ4n) is 4.55. The first-order valence-electron chi connectivity index (χ1n) is 13.0. The normalized spacial score (nSPS) is 14.7. The average Bonchev–Trinajstić information content (AvgIpc) is 2.93. The van der Waals surface area contributed by atoms with Crippen molar-refractivity contribution in [2.75, 3.05) is 52.4 Å². The van der Waals surface area contributed by atoms with E-state index in [1.165, 1.54) is 45.0 Å². The van der Waals surface area contributed by atoms with Crippen LogP contribution in [0.5, 0.6) is 0 Å². The number of hydrogen-bond acceptors (Lipinski definition) is 6. The van der Waals surface area contributed by atoms with E-state index in [0.717, 1.165) is 0 Å². The topological polar surface area (TPSA) is 115 Å². The van der Waals surface area contributed by atoms with Gasteiger partial charge in [-0.25, -0.2) is 16.8 Å². The number of rotatable bonds is 10. The van der Waals surface area contributed by atoms with Gasteiger partial charge in [-0.2, -0.15) is 8.61 Å². The van der Waals surface area contributed by atoms with Crippen LogP contribution in [-0.4, -0.2) is 99.4 Å². The van der Waals surface area contributed by atoms with Crippen LogP contribution in [0.2, 0.25) is 10.0 Å². The van der Waals surface area contributed by atoms with Crippen molar-refractivity contribution in [2.24, 2.45) is 0 Å². The molecule has 2 aromatic rings. The summed E-state index contributed by atoms with van der Waals surface area (Å²) in [6.45, 7) is 8.79. The van der Waals surface area contributed by atoms with Crippen molar-refractivity contribution in [1.82, 2.24) is 18.4 Å². The molecule has 1 fully saturated rings. The van der Waals surface area contributed by atoms with E-state index in [1.807, 2.05) is 0 Å². The Balaban J connectivity index is 1.76. The minimum Gasteiger partial charge on any atom is -0.335 e. The van der Waals surface area contributed by atoms with Crippen molar-refractivity contribution >= 4 is 55.1 Å². The van der Waals surface area contributed by atoms with Crippen molar-refractivity contribution in [1.29, 1.82) is 0 Å². The van der Waals surface area contributed by atoms with E-state index in [2.05, 4.69) is 0 Å². The second-order valence-electron chi connectivity index (χ2n) is 9.05. The molecule has 2 amide bonds. The summed E-state index contributed by atoms with van der Waals surface area (Å²) in [5.41, 5.74) is 0.359. The third-order valence-corrected chi connectivity index (χ3v) is 11.9. The molecule has 0 atom stereocenters. The Labute approximate surface area is 246 Å². The summed E-state index contributed by atoms with van der Waals surface area (Å²) in [6.07, 6.45) is 0. The number of amides is 2. The Kier molecular flexibility index (Phi) is 10.6. The van der Waals surface area contributed by atoms with E-state index in [-0.39, 0.29) is 95.1 Å². The first kappa shape index (κ1) is 32.3. The summed E-state index contributed by atoms with van der Waals surface area (Å²) in [4.78, 5) is 29.3. The SMILES string of the molecule is CCN(CC)S(=O)(=O)c1cc(C(=O)N2CCN(C(=O)c3ccc(Cl)c(S(=O)(=O)N(CC)CC)c3)CC2)ccc1Cl. The Hall–Kier alpha value is -2.22. The molecule has 0 aliphatic carbocycles. The molecule has 0 aromatic heterocycles. The van der Waals surface area contributed by atoms with E-state index in [4.69, 9.17) is 23.2 Å². The van der Waals surface area contributed by atoms with Gasteiger partial charge in [-0.3, -0.25) is 9.59 Å². The largest absolute Gasteiger partial charge is 0.335 e. The molecule has 0 saturated carbocycles. The summed E-state index contributed by atoms with van der Waals surface area (Å²) in [5, 5.41) is 0.0633. The molecule has 40 heavy (non-hydrogen) atoms. The van der Waals surface area contributed by atoms with Crippen LogP contribution in [0.3, 0.4) is 0 Å². The first-order chi connectivity index (χ1) is 18.8. The molecular formula is C26H34Cl2N4O6S2. The van der Waals surface area contributed by atoms with Crippen molar-refractivity contribution in [3.63, 3.8) is 0 Å². The Bertz CT molecular complexity index is 1360. The monoisotopic (exact) mass is 632 g/mol. The molecule has 1 saturated heterocycles. The molecule has 0 spiro atoms. The third-order valence-electron chi connectivity index (χ3n) is 6.86. The van der Waals surface area contributed by atoms with Crippen molar-refractivity contribution < 1.29 is 26.4 Å². The van der Waals surface area contributed by atoms with Gasteiger partial charge in [0.1, 0.15) is 9.79 Å². The second kappa shape index (κ2) is 13.2. The first-order valence-corrected chi connectivity index (χ1v) is 16.6. The van der Waals surface area contributed by atoms with E-state index in [1.54, 1.807) is 37.5 Å². The van der Waals surface area contributed by atoms with Gasteiger partial charge in [0.05, 0.1) is 10.0 Å². The molecule has 2 aromatic carbocycles. The molecule has 0 radical (unpaired) electrons. The Morgan fingerprint density at radius 1 is 0.650 bits per heavy atom. The van der Waals surface area contributed by atoms with Crippen LogP contribution in [0.25, 0.3) is 0 Å². The molecule has 1 heterocycles. The van der Waals surface area contributed by atoms with Crippen molar-refractivity contribution in [2.45, 2.75) is 37.5 Å². The zero-order chi connectivity index (χ0) is 29.8. The maximum absolute atomic E-state index is 13.2. The lowest BCUT2D eigenvalue weighted by atomic mass is 10.1. The fraction of sp³-hybridized carbons (Fsp3) is 0.462. The van der Waals surface area contributed by atoms with E-state index in [0.29, 0.717) is 0 Å². The maximum Gasteiger partial charge on any atom is 0.254 e. The Morgan fingerprint density at radius 2 is 0.950 bits per heavy atom. The predicted molar refractivity (Wildman–Crippen MR) is 155 cm³/mol. The summed E-state index contributed by atoms with van der Waals surface area (Å²) >= 11 is 12.4. The minimum absolute atomic E-state index is 0.0317. The molecule has 0 N–H and O–H groups in total. The highest BCUT2D eigenvalue weighted by Gasteiger charge is 2.30. The van der Waals surface area contributed by atoms with Crippen LogP contribution in [0, 0.1) is 0 Å². The van der Waals surface area contributed by atoms with Crippen LogP contribution < -0.4 is 0 Å². The van der Waals surface area contributed by atoms with Crippen LogP contribution in [0.4, 0.5) is 0 Å². The lowest BCUT2D eigenvalue weighted by Crippen LogP contribution is -2.50. The van der Waals surface area contributed by atoms with Gasteiger partial charge in [-0.05, 0) is 36.4 Å². The summed E-state index contributed by atoms with van der Waals surface area (Å²) in [6, 6.07) is 8.34. The zero-order valence-corrected chi connectivity index (χ0v) is 26.1. The third kappa shape index (κ3) is 6.47. The standard InChI is InChI=1S/C26H34Cl2N4O6S2/c1-5-31(6-2)39(35,36)23-17-19(9-11-21(23)27)25(33)29-13-15-30(16-14-29)26(34)20-10-12-22(28)24(18-20)40(37,38)32(7-3)8-4/h9-12,17-18H,5-8,13-16H2,1-4H3. The van der Waals surface area contributed by atoms with Gasteiger partial charge in [0.2, 0.25) is 20.0 Å². The van der Waals surface area contributed by atoms with Gasteiger partial charge in [-0.1, -0.05) is 50.9 Å². The summed E-state index contributed by atoms with van der Waals surface area (Å²) in [7, 11) is -7.75. The highest BCUT2D eigenvalue weighted by Crippen LogP contribution is 2.28. The number of piperazine rings is 1. The number of halogens is 2. The lowest BCUT2D eigenvalue weighted by Gasteiger charge is -2.35. The van der Waals surface area contributed by atoms with Gasteiger partial charge in [0.25, 0.3) is 11.8 Å². The van der Waals surface area contributed by atoms with Gasteiger partial charge in [0, 0.05) is 63.5 Å². The van der Waals surface area contributed by atoms with Crippen LogP contribution in [-0.2, 0) is 20.0 Å². The number of benzene rings is 2. The van der Waals surface area contributed by atoms with Gasteiger partial charge in [-0.15, -0.1) is 0 Å². The molecule has 1 aliphatic heterocycles. The van der Waals surface area contributed by atoms with E-state index < -0.39 is 20.0 Å². The fourth-order valence-corrected chi connectivity index (χ4v) is 8.47. The Morgan fingerprint density at radius 3 is 1.23 bits per heavy atom. The molecule has 1 aliphatic rings. The molecule has 0 unspecified atom stereocenters. The average molecular weight is 634 g/mol. The smallest absolute Gasteiger partial charge is 0.254 e. The summed E-state index contributed by atoms with van der Waals surface area (Å²) < 4.78 is 54.6.